The first-order chi connectivity index (χ1) is 12.9. The van der Waals surface area contributed by atoms with E-state index in [2.05, 4.69) is 30.3 Å². The molecule has 3 heteroatoms. The van der Waals surface area contributed by atoms with Crippen LogP contribution in [-0.4, -0.2) is 36.0 Å². The third-order valence-electron chi connectivity index (χ3n) is 6.49. The van der Waals surface area contributed by atoms with E-state index in [9.17, 15) is 0 Å². The van der Waals surface area contributed by atoms with Gasteiger partial charge in [-0.15, -0.1) is 0 Å². The summed E-state index contributed by atoms with van der Waals surface area (Å²) in [6.07, 6.45) is 16.9. The molecule has 0 saturated heterocycles. The molecular weight excluding hydrogens is 337 g/mol. The first-order valence-electron chi connectivity index (χ1n) is 10.9. The van der Waals surface area contributed by atoms with E-state index >= 15 is 0 Å². The molecule has 142 valence electrons. The highest BCUT2D eigenvalue weighted by atomic mass is 31.1. The SMILES string of the molecule is c1ccc(C[C@H]2COC(CP(C3CCCCC3)C3CCCCC3)=N2)cc1. The molecule has 0 bridgehead atoms. The van der Waals surface area contributed by atoms with Crippen molar-refractivity contribution in [2.45, 2.75) is 88.0 Å². The lowest BCUT2D eigenvalue weighted by Crippen LogP contribution is -2.24. The summed E-state index contributed by atoms with van der Waals surface area (Å²) in [5.41, 5.74) is 3.36. The van der Waals surface area contributed by atoms with Crippen LogP contribution in [0, 0.1) is 0 Å². The maximum Gasteiger partial charge on any atom is 0.188 e. The zero-order valence-electron chi connectivity index (χ0n) is 16.1. The molecule has 0 spiro atoms. The molecule has 0 N–H and O–H groups in total. The van der Waals surface area contributed by atoms with Gasteiger partial charge in [0.2, 0.25) is 0 Å². The van der Waals surface area contributed by atoms with Crippen molar-refractivity contribution < 1.29 is 4.74 Å². The Labute approximate surface area is 160 Å². The van der Waals surface area contributed by atoms with Crippen LogP contribution in [0.3, 0.4) is 0 Å². The molecule has 0 aromatic heterocycles. The second kappa shape index (κ2) is 9.36. The molecule has 0 unspecified atom stereocenters. The van der Waals surface area contributed by atoms with Crippen LogP contribution in [0.1, 0.15) is 69.8 Å². The molecule has 4 rings (SSSR count). The average Bonchev–Trinajstić information content (AvgIpc) is 3.15. The lowest BCUT2D eigenvalue weighted by atomic mass is 9.99. The van der Waals surface area contributed by atoms with Gasteiger partial charge in [-0.1, -0.05) is 76.8 Å². The Hall–Kier alpha value is -0.880. The summed E-state index contributed by atoms with van der Waals surface area (Å²) < 4.78 is 6.12. The molecule has 0 amide bonds. The van der Waals surface area contributed by atoms with E-state index in [0.29, 0.717) is 6.04 Å². The van der Waals surface area contributed by atoms with Crippen LogP contribution in [0.15, 0.2) is 35.3 Å². The van der Waals surface area contributed by atoms with Crippen molar-refractivity contribution in [1.82, 2.24) is 0 Å². The van der Waals surface area contributed by atoms with Gasteiger partial charge in [0.05, 0.1) is 6.04 Å². The van der Waals surface area contributed by atoms with Gasteiger partial charge in [-0.05, 0) is 49.0 Å². The van der Waals surface area contributed by atoms with Crippen molar-refractivity contribution in [3.05, 3.63) is 35.9 Å². The van der Waals surface area contributed by atoms with Crippen molar-refractivity contribution in [2.75, 3.05) is 12.8 Å². The van der Waals surface area contributed by atoms with Gasteiger partial charge >= 0.3 is 0 Å². The summed E-state index contributed by atoms with van der Waals surface area (Å²) in [6, 6.07) is 11.1. The second-order valence-electron chi connectivity index (χ2n) is 8.43. The molecule has 1 aromatic rings. The van der Waals surface area contributed by atoms with Gasteiger partial charge in [0.25, 0.3) is 0 Å². The van der Waals surface area contributed by atoms with Gasteiger partial charge in [-0.2, -0.15) is 0 Å². The second-order valence-corrected chi connectivity index (χ2v) is 11.2. The Balaban J connectivity index is 1.40. The minimum atomic E-state index is 0.0579. The van der Waals surface area contributed by atoms with Crippen LogP contribution in [0.25, 0.3) is 0 Å². The smallest absolute Gasteiger partial charge is 0.188 e. The highest BCUT2D eigenvalue weighted by Crippen LogP contribution is 2.55. The number of rotatable bonds is 6. The van der Waals surface area contributed by atoms with Crippen LogP contribution in [-0.2, 0) is 11.2 Å². The summed E-state index contributed by atoms with van der Waals surface area (Å²) in [5, 5.41) is 0. The highest BCUT2D eigenvalue weighted by molar-refractivity contribution is 7.60. The van der Waals surface area contributed by atoms with E-state index in [0.717, 1.165) is 30.2 Å². The molecule has 2 aliphatic carbocycles. The van der Waals surface area contributed by atoms with Crippen molar-refractivity contribution >= 4 is 13.8 Å². The lowest BCUT2D eigenvalue weighted by Gasteiger charge is -2.38. The number of ether oxygens (including phenoxy) is 1. The van der Waals surface area contributed by atoms with E-state index in [4.69, 9.17) is 9.73 Å². The Morgan fingerprint density at radius 1 is 0.846 bits per heavy atom. The third kappa shape index (κ3) is 4.89. The van der Waals surface area contributed by atoms with Gasteiger partial charge in [0.1, 0.15) is 6.61 Å². The average molecular weight is 372 g/mol. The molecule has 2 fully saturated rings. The predicted octanol–water partition coefficient (Wildman–Crippen LogP) is 6.17. The van der Waals surface area contributed by atoms with Crippen LogP contribution < -0.4 is 0 Å². The maximum absolute atomic E-state index is 6.12. The number of benzene rings is 1. The quantitative estimate of drug-likeness (QED) is 0.548. The summed E-state index contributed by atoms with van der Waals surface area (Å²) >= 11 is 0. The van der Waals surface area contributed by atoms with Crippen LogP contribution >= 0.6 is 7.92 Å². The Kier molecular flexibility index (Phi) is 6.65. The molecule has 1 atom stereocenters. The van der Waals surface area contributed by atoms with Crippen LogP contribution in [0.4, 0.5) is 0 Å². The fraction of sp³-hybridized carbons (Fsp3) is 0.696. The van der Waals surface area contributed by atoms with Crippen molar-refractivity contribution in [1.29, 1.82) is 0 Å². The fourth-order valence-corrected chi connectivity index (χ4v) is 8.74. The lowest BCUT2D eigenvalue weighted by molar-refractivity contribution is 0.314. The van der Waals surface area contributed by atoms with Gasteiger partial charge < -0.3 is 4.74 Å². The molecule has 3 aliphatic rings. The van der Waals surface area contributed by atoms with Gasteiger partial charge in [0, 0.05) is 6.16 Å². The molecular formula is C23H34NOP. The monoisotopic (exact) mass is 371 g/mol. The van der Waals surface area contributed by atoms with Gasteiger partial charge in [0.15, 0.2) is 5.90 Å². The Morgan fingerprint density at radius 2 is 1.46 bits per heavy atom. The van der Waals surface area contributed by atoms with E-state index in [1.165, 1.54) is 75.9 Å². The summed E-state index contributed by atoms with van der Waals surface area (Å²) in [5.74, 6) is 1.10. The van der Waals surface area contributed by atoms with Crippen molar-refractivity contribution in [2.24, 2.45) is 4.99 Å². The molecule has 1 aliphatic heterocycles. The molecule has 0 radical (unpaired) electrons. The van der Waals surface area contributed by atoms with Crippen LogP contribution in [0.2, 0.25) is 0 Å². The molecule has 2 saturated carbocycles. The first-order valence-corrected chi connectivity index (χ1v) is 12.5. The molecule has 2 nitrogen and oxygen atoms in total. The van der Waals surface area contributed by atoms with E-state index in [1.54, 1.807) is 0 Å². The number of hydrogen-bond acceptors (Lipinski definition) is 2. The van der Waals surface area contributed by atoms with E-state index in [1.807, 2.05) is 0 Å². The van der Waals surface area contributed by atoms with Gasteiger partial charge in [-0.25, -0.2) is 4.99 Å². The van der Waals surface area contributed by atoms with Crippen molar-refractivity contribution in [3.8, 4) is 0 Å². The van der Waals surface area contributed by atoms with E-state index < -0.39 is 0 Å². The molecule has 1 aromatic carbocycles. The third-order valence-corrected chi connectivity index (χ3v) is 10.0. The first kappa shape index (κ1) is 18.5. The molecule has 1 heterocycles. The van der Waals surface area contributed by atoms with E-state index in [-0.39, 0.29) is 7.92 Å². The fourth-order valence-electron chi connectivity index (χ4n) is 5.09. The zero-order chi connectivity index (χ0) is 17.6. The summed E-state index contributed by atoms with van der Waals surface area (Å²) in [4.78, 5) is 5.02. The van der Waals surface area contributed by atoms with Crippen LogP contribution in [0.5, 0.6) is 0 Å². The number of aliphatic imine (C=N–C) groups is 1. The minimum Gasteiger partial charge on any atom is -0.478 e. The standard InChI is InChI=1S/C23H34NOP/c1-4-10-19(11-5-1)16-20-17-25-23(24-20)18-26(21-12-6-2-7-13-21)22-14-8-3-9-15-22/h1,4-5,10-11,20-22H,2-3,6-9,12-18H2/t20-/m0/s1. The largest absolute Gasteiger partial charge is 0.478 e. The predicted molar refractivity (Wildman–Crippen MR) is 113 cm³/mol. The normalized spacial score (nSPS) is 25.3. The maximum atomic E-state index is 6.12. The highest BCUT2D eigenvalue weighted by Gasteiger charge is 2.33. The zero-order valence-corrected chi connectivity index (χ0v) is 17.0. The topological polar surface area (TPSA) is 21.6 Å². The summed E-state index contributed by atoms with van der Waals surface area (Å²) in [6.45, 7) is 0.794. The molecule has 26 heavy (non-hydrogen) atoms. The Morgan fingerprint density at radius 3 is 2.08 bits per heavy atom. The Bertz CT molecular complexity index is 557. The van der Waals surface area contributed by atoms with Crippen molar-refractivity contribution in [3.63, 3.8) is 0 Å². The minimum absolute atomic E-state index is 0.0579. The van der Waals surface area contributed by atoms with Gasteiger partial charge in [-0.3, -0.25) is 0 Å². The number of nitrogens with zero attached hydrogens (tertiary/aromatic N) is 1. The summed E-state index contributed by atoms with van der Waals surface area (Å²) in [7, 11) is 0.0579. The number of hydrogen-bond donors (Lipinski definition) is 0.